The molecule has 1 unspecified atom stereocenters. The van der Waals surface area contributed by atoms with E-state index in [0.29, 0.717) is 18.8 Å². The lowest BCUT2D eigenvalue weighted by atomic mass is 10.1. The monoisotopic (exact) mass is 477 g/mol. The summed E-state index contributed by atoms with van der Waals surface area (Å²) in [6.07, 6.45) is 6.04. The van der Waals surface area contributed by atoms with E-state index in [2.05, 4.69) is 18.7 Å². The first-order valence-corrected chi connectivity index (χ1v) is 13.0. The van der Waals surface area contributed by atoms with Crippen molar-refractivity contribution in [2.45, 2.75) is 65.0 Å². The maximum Gasteiger partial charge on any atom is 0.227 e. The molecule has 1 aliphatic rings. The van der Waals surface area contributed by atoms with Crippen molar-refractivity contribution in [1.82, 2.24) is 14.7 Å². The molecule has 1 aromatic heterocycles. The van der Waals surface area contributed by atoms with Crippen molar-refractivity contribution in [2.24, 2.45) is 5.92 Å². The van der Waals surface area contributed by atoms with Crippen LogP contribution in [0.25, 0.3) is 5.69 Å². The fourth-order valence-corrected chi connectivity index (χ4v) is 4.47. The van der Waals surface area contributed by atoms with Crippen molar-refractivity contribution in [3.8, 4) is 23.1 Å². The maximum atomic E-state index is 10.7. The summed E-state index contributed by atoms with van der Waals surface area (Å²) in [5.74, 6) is 2.91. The minimum absolute atomic E-state index is 0.314. The number of ether oxygens (including phenoxy) is 2. The van der Waals surface area contributed by atoms with Gasteiger partial charge in [-0.3, -0.25) is 4.90 Å². The lowest BCUT2D eigenvalue weighted by molar-refractivity contribution is 0.0965. The molecular weight excluding hydrogens is 438 g/mol. The van der Waals surface area contributed by atoms with E-state index in [1.807, 2.05) is 59.3 Å². The van der Waals surface area contributed by atoms with E-state index < -0.39 is 0 Å². The number of aryl methyl sites for hydroxylation is 1. The zero-order valence-electron chi connectivity index (χ0n) is 21.3. The van der Waals surface area contributed by atoms with Crippen LogP contribution in [0.4, 0.5) is 0 Å². The van der Waals surface area contributed by atoms with E-state index in [1.54, 1.807) is 7.11 Å². The third kappa shape index (κ3) is 6.86. The second-order valence-corrected chi connectivity index (χ2v) is 9.55. The van der Waals surface area contributed by atoms with E-state index in [-0.39, 0.29) is 6.10 Å². The number of hydrogen-bond donors (Lipinski definition) is 1. The predicted octanol–water partition coefficient (Wildman–Crippen LogP) is 6.00. The van der Waals surface area contributed by atoms with Crippen LogP contribution in [0.3, 0.4) is 0 Å². The number of para-hydroxylation sites is 1. The molecule has 0 radical (unpaired) electrons. The van der Waals surface area contributed by atoms with E-state index >= 15 is 0 Å². The van der Waals surface area contributed by atoms with Crippen molar-refractivity contribution in [3.05, 3.63) is 65.9 Å². The van der Waals surface area contributed by atoms with Crippen LogP contribution in [0.2, 0.25) is 0 Å². The van der Waals surface area contributed by atoms with Crippen LogP contribution in [0.1, 0.15) is 57.2 Å². The molecular formula is C29H39N3O3. The van der Waals surface area contributed by atoms with E-state index in [9.17, 15) is 5.11 Å². The van der Waals surface area contributed by atoms with Crippen LogP contribution < -0.4 is 9.47 Å². The van der Waals surface area contributed by atoms with Gasteiger partial charge in [-0.1, -0.05) is 51.0 Å². The summed E-state index contributed by atoms with van der Waals surface area (Å²) in [5, 5.41) is 15.7. The topological polar surface area (TPSA) is 59.8 Å². The van der Waals surface area contributed by atoms with Crippen molar-refractivity contribution in [2.75, 3.05) is 20.2 Å². The standard InChI is InChI=1S/C29H39N3O3/c1-4-6-13-24(33)20-31(19-22-16-17-22)21-27-28(5-2)30-32(23-11-8-7-9-12-23)29(27)35-26-15-10-14-25(18-26)34-3/h7-12,14-15,18,22,24,33H,4-6,13,16-17,19-21H2,1-3H3. The Bertz CT molecular complexity index is 1060. The second-order valence-electron chi connectivity index (χ2n) is 9.55. The number of hydrogen-bond acceptors (Lipinski definition) is 5. The maximum absolute atomic E-state index is 10.7. The molecule has 1 N–H and O–H groups in total. The molecule has 0 bridgehead atoms. The van der Waals surface area contributed by atoms with Gasteiger partial charge >= 0.3 is 0 Å². The number of aliphatic hydroxyl groups is 1. The lowest BCUT2D eigenvalue weighted by Crippen LogP contribution is -2.34. The van der Waals surface area contributed by atoms with Gasteiger partial charge in [0.15, 0.2) is 0 Å². The summed E-state index contributed by atoms with van der Waals surface area (Å²) in [5.41, 5.74) is 3.07. The smallest absolute Gasteiger partial charge is 0.227 e. The summed E-state index contributed by atoms with van der Waals surface area (Å²) in [7, 11) is 1.66. The van der Waals surface area contributed by atoms with Gasteiger partial charge in [-0.25, -0.2) is 4.68 Å². The zero-order valence-corrected chi connectivity index (χ0v) is 21.3. The van der Waals surface area contributed by atoms with Crippen LogP contribution in [0, 0.1) is 5.92 Å². The number of methoxy groups -OCH3 is 1. The Morgan fingerprint density at radius 3 is 2.54 bits per heavy atom. The van der Waals surface area contributed by atoms with Crippen LogP contribution in [0.5, 0.6) is 17.4 Å². The number of rotatable bonds is 14. The molecule has 1 atom stereocenters. The fraction of sp³-hybridized carbons (Fsp3) is 0.483. The van der Waals surface area contributed by atoms with Crippen LogP contribution in [-0.2, 0) is 13.0 Å². The predicted molar refractivity (Wildman–Crippen MR) is 140 cm³/mol. The van der Waals surface area contributed by atoms with E-state index in [4.69, 9.17) is 14.6 Å². The van der Waals surface area contributed by atoms with Gasteiger partial charge < -0.3 is 14.6 Å². The highest BCUT2D eigenvalue weighted by Gasteiger charge is 2.28. The van der Waals surface area contributed by atoms with Gasteiger partial charge in [0.2, 0.25) is 5.88 Å². The van der Waals surface area contributed by atoms with Crippen molar-refractivity contribution >= 4 is 0 Å². The molecule has 0 amide bonds. The van der Waals surface area contributed by atoms with E-state index in [0.717, 1.165) is 66.7 Å². The Kier molecular flexibility index (Phi) is 8.83. The van der Waals surface area contributed by atoms with Crippen molar-refractivity contribution in [1.29, 1.82) is 0 Å². The number of unbranched alkanes of at least 4 members (excludes halogenated alkanes) is 1. The molecule has 3 aromatic rings. The fourth-order valence-electron chi connectivity index (χ4n) is 4.47. The molecule has 1 fully saturated rings. The highest BCUT2D eigenvalue weighted by atomic mass is 16.5. The van der Waals surface area contributed by atoms with Crippen LogP contribution >= 0.6 is 0 Å². The van der Waals surface area contributed by atoms with Gasteiger partial charge in [-0.15, -0.1) is 0 Å². The first-order chi connectivity index (χ1) is 17.1. The van der Waals surface area contributed by atoms with E-state index in [1.165, 1.54) is 12.8 Å². The first kappa shape index (κ1) is 25.3. The molecule has 1 aliphatic carbocycles. The van der Waals surface area contributed by atoms with Gasteiger partial charge in [0.1, 0.15) is 11.5 Å². The second kappa shape index (κ2) is 12.2. The number of aromatic nitrogens is 2. The average Bonchev–Trinajstić information content (AvgIpc) is 3.64. The SMILES string of the molecule is CCCCC(O)CN(Cc1c(CC)nn(-c2ccccc2)c1Oc1cccc(OC)c1)CC1CC1. The highest BCUT2D eigenvalue weighted by molar-refractivity contribution is 5.44. The molecule has 0 spiro atoms. The molecule has 2 aromatic carbocycles. The summed E-state index contributed by atoms with van der Waals surface area (Å²) in [6.45, 7) is 6.69. The third-order valence-corrected chi connectivity index (χ3v) is 6.57. The minimum Gasteiger partial charge on any atom is -0.497 e. The Morgan fingerprint density at radius 1 is 1.09 bits per heavy atom. The zero-order chi connectivity index (χ0) is 24.6. The molecule has 35 heavy (non-hydrogen) atoms. The number of nitrogens with zero attached hydrogens (tertiary/aromatic N) is 3. The normalized spacial score (nSPS) is 14.3. The molecule has 0 saturated heterocycles. The summed E-state index contributed by atoms with van der Waals surface area (Å²) < 4.78 is 13.9. The Balaban J connectivity index is 1.69. The summed E-state index contributed by atoms with van der Waals surface area (Å²) in [6, 6.07) is 17.8. The number of benzene rings is 2. The Labute approximate surface area is 209 Å². The van der Waals surface area contributed by atoms with Gasteiger partial charge in [-0.2, -0.15) is 5.10 Å². The van der Waals surface area contributed by atoms with Gasteiger partial charge in [-0.05, 0) is 55.9 Å². The molecule has 6 heteroatoms. The van der Waals surface area contributed by atoms with Crippen LogP contribution in [0.15, 0.2) is 54.6 Å². The van der Waals surface area contributed by atoms with Crippen LogP contribution in [-0.4, -0.2) is 46.1 Å². The summed E-state index contributed by atoms with van der Waals surface area (Å²) in [4.78, 5) is 2.40. The van der Waals surface area contributed by atoms with Gasteiger partial charge in [0.05, 0.1) is 30.2 Å². The average molecular weight is 478 g/mol. The Hall–Kier alpha value is -2.83. The molecule has 0 aliphatic heterocycles. The van der Waals surface area contributed by atoms with Crippen molar-refractivity contribution in [3.63, 3.8) is 0 Å². The molecule has 4 rings (SSSR count). The largest absolute Gasteiger partial charge is 0.497 e. The highest BCUT2D eigenvalue weighted by Crippen LogP contribution is 2.35. The number of aliphatic hydroxyl groups excluding tert-OH is 1. The van der Waals surface area contributed by atoms with Gasteiger partial charge in [0.25, 0.3) is 0 Å². The summed E-state index contributed by atoms with van der Waals surface area (Å²) >= 11 is 0. The molecule has 1 saturated carbocycles. The molecule has 1 heterocycles. The Morgan fingerprint density at radius 2 is 1.86 bits per heavy atom. The molecule has 188 valence electrons. The molecule has 6 nitrogen and oxygen atoms in total. The van der Waals surface area contributed by atoms with Crippen molar-refractivity contribution < 1.29 is 14.6 Å². The lowest BCUT2D eigenvalue weighted by Gasteiger charge is -2.25. The minimum atomic E-state index is -0.314. The first-order valence-electron chi connectivity index (χ1n) is 13.0. The van der Waals surface area contributed by atoms with Gasteiger partial charge in [0, 0.05) is 25.7 Å². The quantitative estimate of drug-likeness (QED) is 0.309. The third-order valence-electron chi connectivity index (χ3n) is 6.57.